The van der Waals surface area contributed by atoms with Gasteiger partial charge >= 0.3 is 13.8 Å². The van der Waals surface area contributed by atoms with Crippen LogP contribution in [0.2, 0.25) is 0 Å². The van der Waals surface area contributed by atoms with Gasteiger partial charge in [0, 0.05) is 13.0 Å². The highest BCUT2D eigenvalue weighted by Crippen LogP contribution is 2.47. The first-order valence-corrected chi connectivity index (χ1v) is 29.9. The van der Waals surface area contributed by atoms with Crippen LogP contribution >= 0.6 is 7.82 Å². The summed E-state index contributed by atoms with van der Waals surface area (Å²) >= 11 is 0. The second kappa shape index (κ2) is 49.3. The third-order valence-corrected chi connectivity index (χ3v) is 13.3. The molecule has 0 amide bonds. The van der Waals surface area contributed by atoms with Crippen LogP contribution < -0.4 is 0 Å². The van der Waals surface area contributed by atoms with Crippen molar-refractivity contribution in [2.75, 3.05) is 19.8 Å². The summed E-state index contributed by atoms with van der Waals surface area (Å²) in [6, 6.07) is 0. The highest BCUT2D eigenvalue weighted by atomic mass is 31.2. The predicted molar refractivity (Wildman–Crippen MR) is 303 cm³/mol. The van der Waals surface area contributed by atoms with Gasteiger partial charge in [0.25, 0.3) is 0 Å². The first-order valence-electron chi connectivity index (χ1n) is 28.4. The summed E-state index contributed by atoms with van der Waals surface area (Å²) in [6.07, 6.45) is 59.7. The molecule has 0 aromatic carbocycles. The molecule has 422 valence electrons. The van der Waals surface area contributed by atoms with Gasteiger partial charge in [-0.2, -0.15) is 0 Å². The number of carbonyl (C=O) groups is 1. The molecule has 74 heavy (non-hydrogen) atoms. The van der Waals surface area contributed by atoms with Crippen molar-refractivity contribution >= 4 is 13.8 Å². The lowest BCUT2D eigenvalue weighted by Gasteiger charge is -2.41. The second-order valence-electron chi connectivity index (χ2n) is 19.0. The Morgan fingerprint density at radius 2 is 0.757 bits per heavy atom. The summed E-state index contributed by atoms with van der Waals surface area (Å²) in [5.41, 5.74) is 0. The summed E-state index contributed by atoms with van der Waals surface area (Å²) in [5.74, 6) is -0.506. The van der Waals surface area contributed by atoms with Crippen molar-refractivity contribution in [3.63, 3.8) is 0 Å². The number of aliphatic hydroxyl groups excluding tert-OH is 5. The Bertz CT molecular complexity index is 1680. The molecule has 0 aliphatic heterocycles. The molecule has 6 unspecified atom stereocenters. The monoisotopic (exact) mass is 1060 g/mol. The van der Waals surface area contributed by atoms with Gasteiger partial charge in [-0.1, -0.05) is 206 Å². The van der Waals surface area contributed by atoms with Crippen molar-refractivity contribution < 1.29 is 58.3 Å². The number of allylic oxidation sites excluding steroid dienone is 20. The van der Waals surface area contributed by atoms with Crippen molar-refractivity contribution in [3.8, 4) is 0 Å². The molecule has 0 bridgehead atoms. The van der Waals surface area contributed by atoms with Crippen molar-refractivity contribution in [2.24, 2.45) is 0 Å². The fourth-order valence-corrected chi connectivity index (χ4v) is 8.91. The van der Waals surface area contributed by atoms with Crippen LogP contribution in [0, 0.1) is 0 Å². The molecule has 13 heteroatoms. The number of phosphoric acid groups is 1. The van der Waals surface area contributed by atoms with Crippen molar-refractivity contribution in [3.05, 3.63) is 122 Å². The van der Waals surface area contributed by atoms with Crippen molar-refractivity contribution in [1.82, 2.24) is 0 Å². The maximum Gasteiger partial charge on any atom is 0.472 e. The number of ether oxygens (including phenoxy) is 2. The average Bonchev–Trinajstić information content (AvgIpc) is 3.39. The van der Waals surface area contributed by atoms with Crippen LogP contribution in [0.25, 0.3) is 0 Å². The minimum Gasteiger partial charge on any atom is -0.457 e. The molecule has 1 aliphatic rings. The summed E-state index contributed by atoms with van der Waals surface area (Å²) in [5, 5.41) is 50.4. The maximum atomic E-state index is 12.9. The molecule has 0 heterocycles. The topological polar surface area (TPSA) is 192 Å². The lowest BCUT2D eigenvalue weighted by Crippen LogP contribution is -2.64. The lowest BCUT2D eigenvalue weighted by atomic mass is 9.85. The Morgan fingerprint density at radius 3 is 1.15 bits per heavy atom. The largest absolute Gasteiger partial charge is 0.472 e. The normalized spacial score (nSPS) is 21.4. The molecule has 1 rings (SSSR count). The van der Waals surface area contributed by atoms with Gasteiger partial charge in [0.05, 0.1) is 13.2 Å². The van der Waals surface area contributed by atoms with Crippen LogP contribution in [-0.4, -0.2) is 98.9 Å². The number of aliphatic hydroxyl groups is 5. The Kier molecular flexibility index (Phi) is 45.8. The Labute approximate surface area is 448 Å². The molecule has 0 aromatic rings. The van der Waals surface area contributed by atoms with Gasteiger partial charge in [0.2, 0.25) is 0 Å². The summed E-state index contributed by atoms with van der Waals surface area (Å²) in [6.45, 7) is 4.00. The van der Waals surface area contributed by atoms with Gasteiger partial charge in [-0.3, -0.25) is 13.8 Å². The van der Waals surface area contributed by atoms with Gasteiger partial charge in [-0.05, 0) is 103 Å². The molecule has 6 N–H and O–H groups in total. The smallest absolute Gasteiger partial charge is 0.457 e. The van der Waals surface area contributed by atoms with Gasteiger partial charge in [0.1, 0.15) is 42.7 Å². The van der Waals surface area contributed by atoms with Gasteiger partial charge < -0.3 is 39.9 Å². The van der Waals surface area contributed by atoms with Gasteiger partial charge in [-0.15, -0.1) is 0 Å². The number of esters is 1. The molecule has 1 fully saturated rings. The third-order valence-electron chi connectivity index (χ3n) is 12.3. The molecule has 1 saturated carbocycles. The maximum absolute atomic E-state index is 12.9. The van der Waals surface area contributed by atoms with E-state index in [-0.39, 0.29) is 13.0 Å². The molecule has 0 aromatic heterocycles. The zero-order valence-corrected chi connectivity index (χ0v) is 46.5. The second-order valence-corrected chi connectivity index (χ2v) is 20.4. The minimum atomic E-state index is -5.05. The van der Waals surface area contributed by atoms with E-state index in [0.29, 0.717) is 13.0 Å². The van der Waals surface area contributed by atoms with E-state index in [0.717, 1.165) is 122 Å². The van der Waals surface area contributed by atoms with E-state index >= 15 is 0 Å². The average molecular weight is 1060 g/mol. The quantitative estimate of drug-likeness (QED) is 0.0146. The van der Waals surface area contributed by atoms with Gasteiger partial charge in [-0.25, -0.2) is 4.57 Å². The van der Waals surface area contributed by atoms with E-state index in [1.54, 1.807) is 0 Å². The van der Waals surface area contributed by atoms with Crippen molar-refractivity contribution in [2.45, 2.75) is 236 Å². The summed E-state index contributed by atoms with van der Waals surface area (Å²) < 4.78 is 34.4. The number of rotatable bonds is 47. The first-order chi connectivity index (χ1) is 36.0. The van der Waals surface area contributed by atoms with E-state index < -0.39 is 63.1 Å². The highest BCUT2D eigenvalue weighted by Gasteiger charge is 2.51. The zero-order chi connectivity index (χ0) is 54.0. The standard InChI is InChI=1S/C61H101O12P/c1-3-5-7-9-11-13-15-17-19-21-23-25-27-29-31-33-35-37-39-41-43-45-47-49-51-70-52-54(53-71-74(68,69)73-61-59(66)57(64)56(63)58(65)60(61)67)72-55(62)50-48-46-44-42-40-38-36-34-32-30-28-26-24-22-20-18-16-14-12-10-8-6-4-2/h5-8,11-14,17-20,23-26,30,32,36,38,54,56-61,63-67H,3-4,9-10,15-16,21-22,27-29,31,33-35,37,39-53H2,1-2H3,(H,68,69)/b7-5-,8-6-,13-11-,14-12-,19-17-,20-18-,25-23-,26-24-,32-30-,38-36-. The number of phosphoric ester groups is 1. The summed E-state index contributed by atoms with van der Waals surface area (Å²) in [7, 11) is -5.05. The van der Waals surface area contributed by atoms with Crippen LogP contribution in [0.5, 0.6) is 0 Å². The molecule has 12 nitrogen and oxygen atoms in total. The molecular weight excluding hydrogens is 956 g/mol. The van der Waals surface area contributed by atoms with E-state index in [1.165, 1.54) is 44.9 Å². The minimum absolute atomic E-state index is 0.0978. The number of unbranched alkanes of at least 4 members (excludes halogenated alkanes) is 15. The fourth-order valence-electron chi connectivity index (χ4n) is 7.94. The first kappa shape index (κ1) is 68.8. The van der Waals surface area contributed by atoms with Crippen LogP contribution in [-0.2, 0) is 27.9 Å². The Balaban J connectivity index is 2.33. The molecule has 0 spiro atoms. The number of carbonyl (C=O) groups excluding carboxylic acids is 1. The van der Waals surface area contributed by atoms with Crippen molar-refractivity contribution in [1.29, 1.82) is 0 Å². The number of hydrogen-bond donors (Lipinski definition) is 6. The fraction of sp³-hybridized carbons (Fsp3) is 0.656. The Morgan fingerprint density at radius 1 is 0.432 bits per heavy atom. The molecule has 0 radical (unpaired) electrons. The van der Waals surface area contributed by atoms with Crippen LogP contribution in [0.1, 0.15) is 194 Å². The molecular formula is C61H101O12P. The summed E-state index contributed by atoms with van der Waals surface area (Å²) in [4.78, 5) is 23.3. The van der Waals surface area contributed by atoms with E-state index in [9.17, 15) is 39.8 Å². The third kappa shape index (κ3) is 40.1. The number of hydrogen-bond acceptors (Lipinski definition) is 11. The van der Waals surface area contributed by atoms with Crippen LogP contribution in [0.4, 0.5) is 0 Å². The SMILES string of the molecule is CC/C=C\C/C=C\C/C=C\C/C=C\C/C=C\C/C=C\CCCCCCC(=O)OC(COCCCCCCCCCCCCC/C=C\C/C=C\C/C=C\C/C=C\CC)COP(=O)(O)OC1C(O)C(O)C(O)C(O)C1O. The zero-order valence-electron chi connectivity index (χ0n) is 45.6. The van der Waals surface area contributed by atoms with Crippen LogP contribution in [0.15, 0.2) is 122 Å². The van der Waals surface area contributed by atoms with Gasteiger partial charge in [0.15, 0.2) is 0 Å². The van der Waals surface area contributed by atoms with Crippen LogP contribution in [0.3, 0.4) is 0 Å². The molecule has 1 aliphatic carbocycles. The Hall–Kier alpha value is -3.26. The van der Waals surface area contributed by atoms with E-state index in [1.807, 2.05) is 0 Å². The van der Waals surface area contributed by atoms with E-state index in [4.69, 9.17) is 18.5 Å². The molecule has 0 saturated heterocycles. The predicted octanol–water partition coefficient (Wildman–Crippen LogP) is 13.8. The molecule has 6 atom stereocenters. The highest BCUT2D eigenvalue weighted by molar-refractivity contribution is 7.47. The lowest BCUT2D eigenvalue weighted by molar-refractivity contribution is -0.220. The van der Waals surface area contributed by atoms with E-state index in [2.05, 4.69) is 135 Å².